The van der Waals surface area contributed by atoms with E-state index in [9.17, 15) is 32.7 Å². The van der Waals surface area contributed by atoms with Crippen LogP contribution in [0.15, 0.2) is 36.4 Å². The van der Waals surface area contributed by atoms with Gasteiger partial charge < -0.3 is 30.1 Å². The average Bonchev–Trinajstić information content (AvgIpc) is 4.00. The molecule has 2 aromatic rings. The normalized spacial score (nSPS) is 30.5. The second-order valence-electron chi connectivity index (χ2n) is 16.4. The lowest BCUT2D eigenvalue weighted by atomic mass is 9.85. The van der Waals surface area contributed by atoms with Crippen molar-refractivity contribution in [1.29, 1.82) is 0 Å². The maximum atomic E-state index is 14.7. The number of benzene rings is 1. The Bertz CT molecular complexity index is 1980. The van der Waals surface area contributed by atoms with Gasteiger partial charge in [0.1, 0.15) is 34.6 Å². The first-order valence-electron chi connectivity index (χ1n) is 18.6. The van der Waals surface area contributed by atoms with Crippen molar-refractivity contribution in [1.82, 2.24) is 25.2 Å². The molecule has 1 aromatic carbocycles. The Morgan fingerprint density at radius 3 is 2.57 bits per heavy atom. The minimum atomic E-state index is -3.91. The molecule has 5 aliphatic rings. The Kier molecular flexibility index (Phi) is 9.49. The van der Waals surface area contributed by atoms with Crippen LogP contribution in [0.5, 0.6) is 5.75 Å². The summed E-state index contributed by atoms with van der Waals surface area (Å²) in [7, 11) is -3.91. The molecule has 14 nitrogen and oxygen atoms in total. The van der Waals surface area contributed by atoms with Crippen molar-refractivity contribution < 1.29 is 42.2 Å². The Hall–Kier alpha value is -4.24. The van der Waals surface area contributed by atoms with Gasteiger partial charge in [0.2, 0.25) is 21.8 Å². The zero-order valence-electron chi connectivity index (χ0n) is 30.6. The summed E-state index contributed by atoms with van der Waals surface area (Å²) < 4.78 is 40.2. The molecule has 7 rings (SSSR count). The third kappa shape index (κ3) is 7.46. The molecule has 4 N–H and O–H groups in total. The molecule has 2 saturated carbocycles. The van der Waals surface area contributed by atoms with Gasteiger partial charge in [-0.25, -0.2) is 18.2 Å². The summed E-state index contributed by atoms with van der Waals surface area (Å²) >= 11 is 0. The summed E-state index contributed by atoms with van der Waals surface area (Å²) in [5.41, 5.74) is -1.75. The molecule has 3 fully saturated rings. The summed E-state index contributed by atoms with van der Waals surface area (Å²) in [6.07, 6.45) is 6.24. The Labute approximate surface area is 309 Å². The number of aromatic nitrogens is 1. The number of nitrogens with one attached hydrogen (secondary N) is 3. The number of hydrogen-bond acceptors (Lipinski definition) is 10. The lowest BCUT2D eigenvalue weighted by molar-refractivity contribution is -0.141. The molecule has 2 aliphatic carbocycles. The van der Waals surface area contributed by atoms with Crippen LogP contribution in [0, 0.1) is 12.8 Å². The van der Waals surface area contributed by atoms with Crippen molar-refractivity contribution in [3.05, 3.63) is 47.7 Å². The number of sulfonamides is 1. The summed E-state index contributed by atoms with van der Waals surface area (Å²) in [6.45, 7) is 6.85. The van der Waals surface area contributed by atoms with Crippen LogP contribution >= 0.6 is 0 Å². The average molecular weight is 752 g/mol. The zero-order valence-corrected chi connectivity index (χ0v) is 31.5. The number of nitrogens with zero attached hydrogens (tertiary/aromatic N) is 2. The number of hydrogen-bond donors (Lipinski definition) is 4. The van der Waals surface area contributed by atoms with Crippen molar-refractivity contribution in [2.45, 2.75) is 132 Å². The molecule has 4 amide bonds. The highest BCUT2D eigenvalue weighted by atomic mass is 32.2. The molecule has 4 heterocycles. The topological polar surface area (TPSA) is 193 Å². The molecule has 286 valence electrons. The number of amides is 4. The van der Waals surface area contributed by atoms with Gasteiger partial charge >= 0.3 is 6.09 Å². The molecule has 3 aliphatic heterocycles. The van der Waals surface area contributed by atoms with Crippen LogP contribution in [-0.4, -0.2) is 87.8 Å². The van der Waals surface area contributed by atoms with E-state index in [-0.39, 0.29) is 32.2 Å². The molecule has 6 unspecified atom stereocenters. The minimum Gasteiger partial charge on any atom is -0.483 e. The Morgan fingerprint density at radius 2 is 1.83 bits per heavy atom. The van der Waals surface area contributed by atoms with E-state index >= 15 is 0 Å². The van der Waals surface area contributed by atoms with Crippen LogP contribution in [-0.2, 0) is 29.1 Å². The second-order valence-corrected chi connectivity index (χ2v) is 18.3. The molecule has 6 atom stereocenters. The fourth-order valence-electron chi connectivity index (χ4n) is 8.08. The van der Waals surface area contributed by atoms with Gasteiger partial charge in [0.15, 0.2) is 0 Å². The first kappa shape index (κ1) is 37.1. The quantitative estimate of drug-likeness (QED) is 0.336. The first-order chi connectivity index (χ1) is 25.0. The Balaban J connectivity index is 1.25. The standard InChI is InChI=1S/C38H49N5O9S/c1-22-31-30(25-13-10-11-14-26(25)39-22)29(44)20-37(51-31)19-28-32(45)41-38(34(47)42-53(49,50)24-16-17-24)18-23(38)12-8-6-5-7-9-15-27(33(46)43(28)21-37)40-35(48)52-36(2,3)4/h8,10-14,23-24,27-29,44H,5-7,9,15-21H2,1-4H3,(H,40,48)(H,41,45)(H,42,47). The van der Waals surface area contributed by atoms with E-state index in [1.165, 1.54) is 4.90 Å². The number of allylic oxidation sites excluding steroid dienone is 1. The third-order valence-corrected chi connectivity index (χ3v) is 12.8. The molecular weight excluding hydrogens is 703 g/mol. The predicted octanol–water partition coefficient (Wildman–Crippen LogP) is 3.60. The molecule has 53 heavy (non-hydrogen) atoms. The maximum absolute atomic E-state index is 14.7. The van der Waals surface area contributed by atoms with E-state index in [0.29, 0.717) is 48.2 Å². The number of alkyl carbamates (subject to hydrolysis) is 1. The fourth-order valence-corrected chi connectivity index (χ4v) is 9.44. The van der Waals surface area contributed by atoms with Crippen LogP contribution in [0.3, 0.4) is 0 Å². The number of fused-ring (bicyclic) bond motifs is 5. The van der Waals surface area contributed by atoms with E-state index in [4.69, 9.17) is 14.5 Å². The number of carbonyl (C=O) groups excluding carboxylic acids is 4. The van der Waals surface area contributed by atoms with Gasteiger partial charge in [-0.05, 0) is 72.3 Å². The van der Waals surface area contributed by atoms with Gasteiger partial charge in [-0.1, -0.05) is 43.2 Å². The number of pyridine rings is 1. The largest absolute Gasteiger partial charge is 0.483 e. The van der Waals surface area contributed by atoms with E-state index in [0.717, 1.165) is 18.2 Å². The molecular formula is C38H49N5O9S. The van der Waals surface area contributed by atoms with Crippen molar-refractivity contribution >= 4 is 44.7 Å². The van der Waals surface area contributed by atoms with E-state index in [2.05, 4.69) is 15.4 Å². The van der Waals surface area contributed by atoms with Crippen molar-refractivity contribution in [2.75, 3.05) is 6.54 Å². The van der Waals surface area contributed by atoms with Crippen molar-refractivity contribution in [3.63, 3.8) is 0 Å². The number of rotatable bonds is 4. The molecule has 0 radical (unpaired) electrons. The monoisotopic (exact) mass is 751 g/mol. The predicted molar refractivity (Wildman–Crippen MR) is 194 cm³/mol. The van der Waals surface area contributed by atoms with Gasteiger partial charge in [-0.15, -0.1) is 0 Å². The first-order valence-corrected chi connectivity index (χ1v) is 20.2. The van der Waals surface area contributed by atoms with Crippen LogP contribution < -0.4 is 20.1 Å². The molecule has 1 spiro atoms. The highest BCUT2D eigenvalue weighted by Crippen LogP contribution is 2.50. The number of aryl methyl sites for hydroxylation is 1. The third-order valence-electron chi connectivity index (χ3n) is 10.9. The van der Waals surface area contributed by atoms with Gasteiger partial charge in [0, 0.05) is 29.7 Å². The number of aliphatic hydroxyl groups excluding tert-OH is 1. The summed E-state index contributed by atoms with van der Waals surface area (Å²) in [5.74, 6) is -2.06. The number of aliphatic hydroxyl groups is 1. The smallest absolute Gasteiger partial charge is 0.408 e. The number of carbonyl (C=O) groups is 4. The summed E-state index contributed by atoms with van der Waals surface area (Å²) in [6, 6.07) is 5.21. The van der Waals surface area contributed by atoms with Gasteiger partial charge in [-0.2, -0.15) is 0 Å². The molecule has 1 saturated heterocycles. The van der Waals surface area contributed by atoms with E-state index in [1.807, 2.05) is 36.4 Å². The molecule has 1 aromatic heterocycles. The van der Waals surface area contributed by atoms with E-state index in [1.54, 1.807) is 27.7 Å². The van der Waals surface area contributed by atoms with Crippen LogP contribution in [0.25, 0.3) is 10.9 Å². The van der Waals surface area contributed by atoms with Gasteiger partial charge in [-0.3, -0.25) is 19.1 Å². The van der Waals surface area contributed by atoms with Gasteiger partial charge in [0.05, 0.1) is 29.1 Å². The number of para-hydroxylation sites is 1. The Morgan fingerprint density at radius 1 is 1.08 bits per heavy atom. The second kappa shape index (κ2) is 13.6. The number of ether oxygens (including phenoxy) is 2. The van der Waals surface area contributed by atoms with Gasteiger partial charge in [0.25, 0.3) is 5.91 Å². The van der Waals surface area contributed by atoms with Crippen molar-refractivity contribution in [2.24, 2.45) is 5.92 Å². The van der Waals surface area contributed by atoms with Crippen LogP contribution in [0.1, 0.15) is 102 Å². The van der Waals surface area contributed by atoms with Crippen LogP contribution in [0.4, 0.5) is 4.79 Å². The highest BCUT2D eigenvalue weighted by molar-refractivity contribution is 7.91. The van der Waals surface area contributed by atoms with E-state index < -0.39 is 79.9 Å². The summed E-state index contributed by atoms with van der Waals surface area (Å²) in [5, 5.41) is 17.5. The lowest BCUT2D eigenvalue weighted by Gasteiger charge is -2.39. The SMILES string of the molecule is Cc1nc2ccccc2c2c1OC1(CC2O)CC2C(=O)NC3(C(=O)NS(=O)(=O)C4CC4)CC3C=CCCCCCC(NC(=O)OC(C)(C)C)C(=O)N2C1. The fraction of sp³-hybridized carbons (Fsp3) is 0.605. The molecule has 0 bridgehead atoms. The summed E-state index contributed by atoms with van der Waals surface area (Å²) in [4.78, 5) is 62.1. The maximum Gasteiger partial charge on any atom is 0.408 e. The van der Waals surface area contributed by atoms with Crippen LogP contribution in [0.2, 0.25) is 0 Å². The lowest BCUT2D eigenvalue weighted by Crippen LogP contribution is -2.58. The zero-order chi connectivity index (χ0) is 37.9. The minimum absolute atomic E-state index is 0.0366. The molecule has 15 heteroatoms. The van der Waals surface area contributed by atoms with Crippen molar-refractivity contribution in [3.8, 4) is 5.75 Å². The highest BCUT2D eigenvalue weighted by Gasteiger charge is 2.63.